The van der Waals surface area contributed by atoms with E-state index in [4.69, 9.17) is 32.7 Å². The Kier molecular flexibility index (Phi) is 4.48. The summed E-state index contributed by atoms with van der Waals surface area (Å²) in [6, 6.07) is 9.56. The lowest BCUT2D eigenvalue weighted by Gasteiger charge is -2.29. The van der Waals surface area contributed by atoms with E-state index in [0.717, 1.165) is 29.8 Å². The van der Waals surface area contributed by atoms with Crippen molar-refractivity contribution in [3.05, 3.63) is 57.1 Å². The summed E-state index contributed by atoms with van der Waals surface area (Å²) in [5.74, 6) is 1.45. The molecule has 1 aliphatic heterocycles. The lowest BCUT2D eigenvalue weighted by atomic mass is 9.89. The van der Waals surface area contributed by atoms with Crippen LogP contribution in [-0.2, 0) is 6.42 Å². The number of hydrogen-bond donors (Lipinski definition) is 1. The first-order valence-electron chi connectivity index (χ1n) is 7.07. The molecule has 116 valence electrons. The zero-order valence-corrected chi connectivity index (χ0v) is 14.0. The van der Waals surface area contributed by atoms with E-state index in [0.29, 0.717) is 15.8 Å². The molecule has 3 rings (SSSR count). The van der Waals surface area contributed by atoms with Crippen LogP contribution in [0.4, 0.5) is 0 Å². The molecule has 5 heteroatoms. The van der Waals surface area contributed by atoms with Crippen molar-refractivity contribution in [3.8, 4) is 11.5 Å². The smallest absolute Gasteiger partial charge is 0.161 e. The summed E-state index contributed by atoms with van der Waals surface area (Å²) in [4.78, 5) is 0. The van der Waals surface area contributed by atoms with Crippen molar-refractivity contribution in [1.29, 1.82) is 0 Å². The monoisotopic (exact) mass is 337 g/mol. The van der Waals surface area contributed by atoms with Gasteiger partial charge in [-0.1, -0.05) is 29.3 Å². The van der Waals surface area contributed by atoms with Crippen molar-refractivity contribution in [2.75, 3.05) is 20.8 Å². The van der Waals surface area contributed by atoms with E-state index in [9.17, 15) is 0 Å². The number of nitrogens with one attached hydrogen (secondary N) is 1. The predicted molar refractivity (Wildman–Crippen MR) is 89.6 cm³/mol. The van der Waals surface area contributed by atoms with E-state index in [1.54, 1.807) is 14.2 Å². The van der Waals surface area contributed by atoms with Gasteiger partial charge in [0.1, 0.15) is 0 Å². The van der Waals surface area contributed by atoms with E-state index < -0.39 is 0 Å². The molecule has 2 aromatic rings. The minimum atomic E-state index is -0.0512. The summed E-state index contributed by atoms with van der Waals surface area (Å²) in [6.07, 6.45) is 0.925. The maximum absolute atomic E-state index is 6.38. The van der Waals surface area contributed by atoms with Crippen molar-refractivity contribution >= 4 is 23.2 Å². The summed E-state index contributed by atoms with van der Waals surface area (Å²) in [6.45, 7) is 0.856. The Morgan fingerprint density at radius 2 is 1.68 bits per heavy atom. The molecule has 0 saturated carbocycles. The number of methoxy groups -OCH3 is 2. The van der Waals surface area contributed by atoms with Gasteiger partial charge in [0.25, 0.3) is 0 Å². The van der Waals surface area contributed by atoms with Gasteiger partial charge in [-0.3, -0.25) is 0 Å². The van der Waals surface area contributed by atoms with Crippen LogP contribution in [0.25, 0.3) is 0 Å². The lowest BCUT2D eigenvalue weighted by molar-refractivity contribution is 0.353. The van der Waals surface area contributed by atoms with Gasteiger partial charge in [0.2, 0.25) is 0 Å². The highest BCUT2D eigenvalue weighted by Gasteiger charge is 2.27. The Morgan fingerprint density at radius 3 is 2.32 bits per heavy atom. The van der Waals surface area contributed by atoms with Gasteiger partial charge in [-0.05, 0) is 41.8 Å². The molecular formula is C17H17Cl2NO2. The fourth-order valence-electron chi connectivity index (χ4n) is 2.93. The van der Waals surface area contributed by atoms with Gasteiger partial charge in [-0.2, -0.15) is 0 Å². The third-order valence-corrected chi connectivity index (χ3v) is 4.65. The lowest BCUT2D eigenvalue weighted by Crippen LogP contribution is -2.31. The van der Waals surface area contributed by atoms with Crippen LogP contribution in [0.15, 0.2) is 30.3 Å². The molecule has 3 nitrogen and oxygen atoms in total. The molecule has 22 heavy (non-hydrogen) atoms. The van der Waals surface area contributed by atoms with Crippen molar-refractivity contribution in [1.82, 2.24) is 5.32 Å². The fraction of sp³-hybridized carbons (Fsp3) is 0.294. The Labute approximate surface area is 140 Å². The average molecular weight is 338 g/mol. The third kappa shape index (κ3) is 2.65. The average Bonchev–Trinajstić information content (AvgIpc) is 2.53. The molecule has 2 aromatic carbocycles. The highest BCUT2D eigenvalue weighted by Crippen LogP contribution is 2.41. The van der Waals surface area contributed by atoms with Crippen LogP contribution in [0.1, 0.15) is 22.7 Å². The number of hydrogen-bond acceptors (Lipinski definition) is 3. The Morgan fingerprint density at radius 1 is 1.05 bits per heavy atom. The molecule has 0 fully saturated rings. The predicted octanol–water partition coefficient (Wildman–Crippen LogP) is 4.25. The molecule has 0 aromatic heterocycles. The minimum Gasteiger partial charge on any atom is -0.493 e. The van der Waals surface area contributed by atoms with Crippen molar-refractivity contribution < 1.29 is 9.47 Å². The van der Waals surface area contributed by atoms with Crippen LogP contribution < -0.4 is 14.8 Å². The molecule has 0 radical (unpaired) electrons. The zero-order valence-electron chi connectivity index (χ0n) is 12.5. The van der Waals surface area contributed by atoms with Crippen LogP contribution in [0.5, 0.6) is 11.5 Å². The molecule has 1 atom stereocenters. The molecule has 0 amide bonds. The molecular weight excluding hydrogens is 321 g/mol. The van der Waals surface area contributed by atoms with E-state index in [-0.39, 0.29) is 6.04 Å². The van der Waals surface area contributed by atoms with Crippen LogP contribution >= 0.6 is 23.2 Å². The van der Waals surface area contributed by atoms with Gasteiger partial charge < -0.3 is 14.8 Å². The molecule has 0 unspecified atom stereocenters. The highest BCUT2D eigenvalue weighted by molar-refractivity contribution is 6.36. The van der Waals surface area contributed by atoms with Gasteiger partial charge in [-0.25, -0.2) is 0 Å². The second kappa shape index (κ2) is 6.37. The van der Waals surface area contributed by atoms with Crippen molar-refractivity contribution in [2.24, 2.45) is 0 Å². The quantitative estimate of drug-likeness (QED) is 0.908. The Bertz CT molecular complexity index is 683. The maximum atomic E-state index is 6.38. The van der Waals surface area contributed by atoms with Crippen LogP contribution in [0.2, 0.25) is 10.0 Å². The molecule has 0 saturated heterocycles. The molecule has 0 aliphatic carbocycles. The largest absolute Gasteiger partial charge is 0.493 e. The van der Waals surface area contributed by atoms with Crippen molar-refractivity contribution in [3.63, 3.8) is 0 Å². The molecule has 1 aliphatic rings. The van der Waals surface area contributed by atoms with Gasteiger partial charge in [0.05, 0.1) is 20.3 Å². The Hall–Kier alpha value is -1.42. The molecule has 1 heterocycles. The number of fused-ring (bicyclic) bond motifs is 1. The topological polar surface area (TPSA) is 30.5 Å². The number of rotatable bonds is 3. The summed E-state index contributed by atoms with van der Waals surface area (Å²) in [7, 11) is 3.28. The first kappa shape index (κ1) is 15.5. The highest BCUT2D eigenvalue weighted by atomic mass is 35.5. The van der Waals surface area contributed by atoms with Gasteiger partial charge in [0.15, 0.2) is 11.5 Å². The van der Waals surface area contributed by atoms with Gasteiger partial charge >= 0.3 is 0 Å². The van der Waals surface area contributed by atoms with E-state index in [1.165, 1.54) is 5.56 Å². The van der Waals surface area contributed by atoms with Crippen LogP contribution in [-0.4, -0.2) is 20.8 Å². The van der Waals surface area contributed by atoms with E-state index in [2.05, 4.69) is 5.32 Å². The second-order valence-corrected chi connectivity index (χ2v) is 5.99. The summed E-state index contributed by atoms with van der Waals surface area (Å²) in [5.41, 5.74) is 3.25. The number of halogens is 2. The molecule has 0 bridgehead atoms. The second-order valence-electron chi connectivity index (χ2n) is 5.18. The summed E-state index contributed by atoms with van der Waals surface area (Å²) in [5, 5.41) is 4.82. The SMILES string of the molecule is COc1cc2c(cc1OC)[C@@H](c1c(Cl)cccc1Cl)NCC2. The van der Waals surface area contributed by atoms with Crippen molar-refractivity contribution in [2.45, 2.75) is 12.5 Å². The third-order valence-electron chi connectivity index (χ3n) is 3.99. The van der Waals surface area contributed by atoms with E-state index in [1.807, 2.05) is 30.3 Å². The standard InChI is InChI=1S/C17H17Cl2NO2/c1-21-14-8-10-6-7-20-17(11(10)9-15(14)22-2)16-12(18)4-3-5-13(16)19/h3-5,8-9,17,20H,6-7H2,1-2H3/t17-/m0/s1. The molecule has 1 N–H and O–H groups in total. The van der Waals surface area contributed by atoms with E-state index >= 15 is 0 Å². The fourth-order valence-corrected chi connectivity index (χ4v) is 3.54. The van der Waals surface area contributed by atoms with Gasteiger partial charge in [0, 0.05) is 22.2 Å². The first-order valence-corrected chi connectivity index (χ1v) is 7.83. The number of ether oxygens (including phenoxy) is 2. The normalized spacial score (nSPS) is 17.0. The van der Waals surface area contributed by atoms with Crippen LogP contribution in [0.3, 0.4) is 0 Å². The van der Waals surface area contributed by atoms with Crippen LogP contribution in [0, 0.1) is 0 Å². The number of benzene rings is 2. The zero-order chi connectivity index (χ0) is 15.7. The summed E-state index contributed by atoms with van der Waals surface area (Å²) >= 11 is 12.8. The maximum Gasteiger partial charge on any atom is 0.161 e. The minimum absolute atomic E-state index is 0.0512. The first-order chi connectivity index (χ1) is 10.7. The Balaban J connectivity index is 2.15. The summed E-state index contributed by atoms with van der Waals surface area (Å²) < 4.78 is 10.8. The molecule has 0 spiro atoms. The van der Waals surface area contributed by atoms with Gasteiger partial charge in [-0.15, -0.1) is 0 Å².